The van der Waals surface area contributed by atoms with E-state index < -0.39 is 0 Å². The van der Waals surface area contributed by atoms with E-state index in [1.807, 2.05) is 0 Å². The number of aryl methyl sites for hydroxylation is 2. The molecule has 3 aromatic rings. The molecule has 1 aliphatic carbocycles. The predicted octanol–water partition coefficient (Wildman–Crippen LogP) is 2.88. The highest BCUT2D eigenvalue weighted by Crippen LogP contribution is 2.33. The van der Waals surface area contributed by atoms with E-state index in [0.29, 0.717) is 0 Å². The molecule has 1 aliphatic rings. The molecule has 0 amide bonds. The maximum Gasteiger partial charge on any atom is 0.132 e. The van der Waals surface area contributed by atoms with Crippen molar-refractivity contribution in [1.82, 2.24) is 4.48 Å². The molecule has 0 spiro atoms. The molecule has 0 bridgehead atoms. The van der Waals surface area contributed by atoms with Gasteiger partial charge >= 0.3 is 0 Å². The van der Waals surface area contributed by atoms with Crippen LogP contribution in [0.3, 0.4) is 0 Å². The minimum absolute atomic E-state index is 0. The van der Waals surface area contributed by atoms with E-state index in [2.05, 4.69) is 99.0 Å². The van der Waals surface area contributed by atoms with Crippen molar-refractivity contribution in [2.24, 2.45) is 0 Å². The lowest BCUT2D eigenvalue weighted by molar-refractivity contribution is -0.00000548. The number of hydrogen-bond donors (Lipinski definition) is 0. The van der Waals surface area contributed by atoms with Crippen LogP contribution < -0.4 is 21.5 Å². The van der Waals surface area contributed by atoms with Gasteiger partial charge in [0, 0.05) is 6.42 Å². The second-order valence-electron chi connectivity index (χ2n) is 7.96. The number of para-hydroxylation sites is 1. The first-order valence-corrected chi connectivity index (χ1v) is 9.90. The second-order valence-corrected chi connectivity index (χ2v) is 7.96. The average molecular weight is 434 g/mol. The average Bonchev–Trinajstić information content (AvgIpc) is 2.86. The van der Waals surface area contributed by atoms with Crippen LogP contribution in [-0.4, -0.2) is 20.6 Å². The first kappa shape index (κ1) is 20.6. The molecule has 0 saturated carbocycles. The van der Waals surface area contributed by atoms with Gasteiger partial charge in [-0.05, 0) is 52.8 Å². The Labute approximate surface area is 179 Å². The van der Waals surface area contributed by atoms with Crippen LogP contribution in [0.4, 0.5) is 5.69 Å². The van der Waals surface area contributed by atoms with Crippen molar-refractivity contribution in [1.29, 1.82) is 0 Å². The fourth-order valence-electron chi connectivity index (χ4n) is 4.13. The minimum atomic E-state index is 0. The lowest BCUT2D eigenvalue weighted by Gasteiger charge is -2.29. The SMILES string of the molecule is C[N+](C)(CCC=C1c2ccccc2CCc2ccccc21)c1ccccc1.[Br-]. The van der Waals surface area contributed by atoms with Gasteiger partial charge < -0.3 is 17.0 Å². The summed E-state index contributed by atoms with van der Waals surface area (Å²) in [6.45, 7) is 1.08. The van der Waals surface area contributed by atoms with E-state index in [0.717, 1.165) is 30.3 Å². The Kier molecular flexibility index (Phi) is 6.53. The van der Waals surface area contributed by atoms with Crippen LogP contribution >= 0.6 is 0 Å². The molecule has 4 rings (SSSR count). The first-order valence-electron chi connectivity index (χ1n) is 9.90. The largest absolute Gasteiger partial charge is 1.00 e. The van der Waals surface area contributed by atoms with Crippen molar-refractivity contribution in [2.75, 3.05) is 20.6 Å². The van der Waals surface area contributed by atoms with Gasteiger partial charge in [0.25, 0.3) is 0 Å². The Morgan fingerprint density at radius 2 is 1.21 bits per heavy atom. The van der Waals surface area contributed by atoms with Crippen molar-refractivity contribution in [2.45, 2.75) is 19.3 Å². The molecular formula is C26H28BrN. The van der Waals surface area contributed by atoms with Gasteiger partial charge in [-0.3, -0.25) is 4.48 Å². The van der Waals surface area contributed by atoms with Crippen molar-refractivity contribution in [3.05, 3.63) is 107 Å². The summed E-state index contributed by atoms with van der Waals surface area (Å²) in [5.41, 5.74) is 8.53. The summed E-state index contributed by atoms with van der Waals surface area (Å²) in [5, 5.41) is 0. The standard InChI is InChI=1S/C26H28N.BrH/c1-27(2,23-13-4-3-5-14-23)20-10-17-26-24-15-8-6-11-21(24)18-19-22-12-7-9-16-25(22)26;/h3-9,11-17H,10,18-20H2,1-2H3;1H/q+1;/p-1. The zero-order valence-electron chi connectivity index (χ0n) is 16.7. The Balaban J connectivity index is 0.00000225. The van der Waals surface area contributed by atoms with Gasteiger partial charge in [-0.15, -0.1) is 0 Å². The molecule has 0 saturated heterocycles. The van der Waals surface area contributed by atoms with Crippen molar-refractivity contribution >= 4 is 11.3 Å². The Morgan fingerprint density at radius 1 is 0.714 bits per heavy atom. The zero-order valence-corrected chi connectivity index (χ0v) is 18.3. The number of rotatable bonds is 4. The van der Waals surface area contributed by atoms with Crippen LogP contribution in [0, 0.1) is 0 Å². The van der Waals surface area contributed by atoms with Gasteiger partial charge in [0.15, 0.2) is 0 Å². The van der Waals surface area contributed by atoms with Crippen LogP contribution in [-0.2, 0) is 12.8 Å². The summed E-state index contributed by atoms with van der Waals surface area (Å²) in [6.07, 6.45) is 5.76. The molecule has 0 aliphatic heterocycles. The molecule has 0 atom stereocenters. The highest BCUT2D eigenvalue weighted by molar-refractivity contribution is 5.83. The highest BCUT2D eigenvalue weighted by Gasteiger charge is 2.20. The predicted molar refractivity (Wildman–Crippen MR) is 117 cm³/mol. The van der Waals surface area contributed by atoms with Gasteiger partial charge in [0.1, 0.15) is 5.69 Å². The summed E-state index contributed by atoms with van der Waals surface area (Å²) >= 11 is 0. The minimum Gasteiger partial charge on any atom is -1.00 e. The third-order valence-electron chi connectivity index (χ3n) is 5.77. The third-order valence-corrected chi connectivity index (χ3v) is 5.77. The second kappa shape index (κ2) is 8.89. The van der Waals surface area contributed by atoms with Gasteiger partial charge in [0.2, 0.25) is 0 Å². The van der Waals surface area contributed by atoms with Gasteiger partial charge in [-0.25, -0.2) is 0 Å². The van der Waals surface area contributed by atoms with E-state index in [9.17, 15) is 0 Å². The first-order chi connectivity index (χ1) is 13.1. The van der Waals surface area contributed by atoms with E-state index in [-0.39, 0.29) is 17.0 Å². The van der Waals surface area contributed by atoms with Gasteiger partial charge in [0.05, 0.1) is 20.6 Å². The smallest absolute Gasteiger partial charge is 0.132 e. The van der Waals surface area contributed by atoms with Gasteiger partial charge in [-0.1, -0.05) is 72.8 Å². The summed E-state index contributed by atoms with van der Waals surface area (Å²) < 4.78 is 0.897. The maximum absolute atomic E-state index is 2.46. The fourth-order valence-corrected chi connectivity index (χ4v) is 4.13. The van der Waals surface area contributed by atoms with Crippen molar-refractivity contribution in [3.63, 3.8) is 0 Å². The Hall–Kier alpha value is -2.16. The quantitative estimate of drug-likeness (QED) is 0.554. The number of hydrogen-bond acceptors (Lipinski definition) is 0. The summed E-state index contributed by atoms with van der Waals surface area (Å²) in [6, 6.07) is 28.6. The Morgan fingerprint density at radius 3 is 1.79 bits per heavy atom. The van der Waals surface area contributed by atoms with Gasteiger partial charge in [-0.2, -0.15) is 0 Å². The van der Waals surface area contributed by atoms with E-state index in [1.165, 1.54) is 33.5 Å². The van der Waals surface area contributed by atoms with Crippen LogP contribution in [0.2, 0.25) is 0 Å². The Bertz CT molecular complexity index is 907. The van der Waals surface area contributed by atoms with Crippen molar-refractivity contribution in [3.8, 4) is 0 Å². The fraction of sp³-hybridized carbons (Fsp3) is 0.231. The number of quaternary nitrogens is 1. The van der Waals surface area contributed by atoms with Crippen molar-refractivity contribution < 1.29 is 17.0 Å². The number of nitrogens with zero attached hydrogens (tertiary/aromatic N) is 1. The number of halogens is 1. The molecule has 0 N–H and O–H groups in total. The van der Waals surface area contributed by atoms with E-state index >= 15 is 0 Å². The lowest BCUT2D eigenvalue weighted by atomic mass is 9.93. The monoisotopic (exact) mass is 433 g/mol. The molecule has 2 heteroatoms. The van der Waals surface area contributed by atoms with Crippen LogP contribution in [0.1, 0.15) is 28.7 Å². The number of benzene rings is 3. The lowest BCUT2D eigenvalue weighted by Crippen LogP contribution is -3.00. The third kappa shape index (κ3) is 4.29. The summed E-state index contributed by atoms with van der Waals surface area (Å²) in [4.78, 5) is 0. The summed E-state index contributed by atoms with van der Waals surface area (Å²) in [5.74, 6) is 0. The molecular weight excluding hydrogens is 406 g/mol. The van der Waals surface area contributed by atoms with Crippen LogP contribution in [0.15, 0.2) is 84.9 Å². The molecule has 144 valence electrons. The molecule has 1 nitrogen and oxygen atoms in total. The number of fused-ring (bicyclic) bond motifs is 2. The van der Waals surface area contributed by atoms with E-state index in [1.54, 1.807) is 0 Å². The molecule has 0 heterocycles. The van der Waals surface area contributed by atoms with Crippen LogP contribution in [0.25, 0.3) is 5.57 Å². The molecule has 0 fully saturated rings. The zero-order chi connectivity index (χ0) is 18.7. The molecule has 28 heavy (non-hydrogen) atoms. The van der Waals surface area contributed by atoms with E-state index in [4.69, 9.17) is 0 Å². The maximum atomic E-state index is 2.46. The van der Waals surface area contributed by atoms with Crippen LogP contribution in [0.5, 0.6) is 0 Å². The summed E-state index contributed by atoms with van der Waals surface area (Å²) in [7, 11) is 4.59. The molecule has 3 aromatic carbocycles. The normalized spacial score (nSPS) is 13.0. The molecule has 0 unspecified atom stereocenters. The molecule has 0 radical (unpaired) electrons. The molecule has 0 aromatic heterocycles. The topological polar surface area (TPSA) is 0 Å². The highest BCUT2D eigenvalue weighted by atomic mass is 79.9.